The minimum atomic E-state index is -1.06. The van der Waals surface area contributed by atoms with Crippen molar-refractivity contribution in [2.24, 2.45) is 0 Å². The second-order valence-electron chi connectivity index (χ2n) is 2.86. The third-order valence-electron chi connectivity index (χ3n) is 1.69. The molecule has 0 saturated carbocycles. The molecule has 1 heterocycles. The molecule has 0 bridgehead atoms. The predicted octanol–water partition coefficient (Wildman–Crippen LogP) is 1.20. The first kappa shape index (κ1) is 11.5. The lowest BCUT2D eigenvalue weighted by molar-refractivity contribution is 0.0689. The van der Waals surface area contributed by atoms with Crippen LogP contribution < -0.4 is 4.74 Å². The summed E-state index contributed by atoms with van der Waals surface area (Å²) >= 11 is 0. The van der Waals surface area contributed by atoms with Gasteiger partial charge in [-0.3, -0.25) is 0 Å². The topological polar surface area (TPSA) is 68.7 Å². The van der Waals surface area contributed by atoms with Crippen molar-refractivity contribution in [2.75, 3.05) is 20.3 Å². The molecule has 15 heavy (non-hydrogen) atoms. The minimum absolute atomic E-state index is 0.0146. The van der Waals surface area contributed by atoms with E-state index in [9.17, 15) is 4.79 Å². The van der Waals surface area contributed by atoms with Crippen LogP contribution in [0.3, 0.4) is 0 Å². The lowest BCUT2D eigenvalue weighted by Gasteiger charge is -2.04. The Morgan fingerprint density at radius 3 is 2.93 bits per heavy atom. The van der Waals surface area contributed by atoms with Crippen LogP contribution in [0.1, 0.15) is 16.9 Å². The maximum absolute atomic E-state index is 10.6. The Balaban J connectivity index is 2.47. The van der Waals surface area contributed by atoms with Gasteiger partial charge in [-0.25, -0.2) is 9.78 Å². The van der Waals surface area contributed by atoms with Crippen LogP contribution in [0, 0.1) is 0 Å². The number of aromatic carboxylic acids is 1. The smallest absolute Gasteiger partial charge is 0.354 e. The molecule has 1 rings (SSSR count). The van der Waals surface area contributed by atoms with Gasteiger partial charge in [-0.1, -0.05) is 6.07 Å². The van der Waals surface area contributed by atoms with Crippen LogP contribution in [0.15, 0.2) is 18.2 Å². The highest BCUT2D eigenvalue weighted by molar-refractivity contribution is 5.85. The number of ether oxygens (including phenoxy) is 2. The Hall–Kier alpha value is -1.62. The van der Waals surface area contributed by atoms with Gasteiger partial charge in [0, 0.05) is 26.2 Å². The van der Waals surface area contributed by atoms with Crippen molar-refractivity contribution >= 4 is 5.97 Å². The van der Waals surface area contributed by atoms with Crippen LogP contribution in [0.4, 0.5) is 0 Å². The number of hydrogen-bond acceptors (Lipinski definition) is 4. The number of rotatable bonds is 6. The lowest BCUT2D eigenvalue weighted by Crippen LogP contribution is -2.05. The van der Waals surface area contributed by atoms with Gasteiger partial charge in [-0.15, -0.1) is 0 Å². The third kappa shape index (κ3) is 3.95. The molecule has 1 N–H and O–H groups in total. The Labute approximate surface area is 87.7 Å². The molecule has 0 aromatic carbocycles. The monoisotopic (exact) mass is 211 g/mol. The van der Waals surface area contributed by atoms with E-state index >= 15 is 0 Å². The number of methoxy groups -OCH3 is 1. The van der Waals surface area contributed by atoms with Gasteiger partial charge in [-0.05, 0) is 6.07 Å². The fraction of sp³-hybridized carbons (Fsp3) is 0.400. The molecule has 0 unspecified atom stereocenters. The van der Waals surface area contributed by atoms with Crippen molar-refractivity contribution in [3.8, 4) is 5.88 Å². The molecule has 0 aliphatic carbocycles. The molecule has 0 fully saturated rings. The molecule has 5 heteroatoms. The summed E-state index contributed by atoms with van der Waals surface area (Å²) in [6.07, 6.45) is 0.746. The second-order valence-corrected chi connectivity index (χ2v) is 2.86. The highest BCUT2D eigenvalue weighted by atomic mass is 16.5. The molecule has 1 aromatic rings. The number of carbonyl (C=O) groups is 1. The van der Waals surface area contributed by atoms with Crippen LogP contribution in [-0.2, 0) is 4.74 Å². The number of carboxylic acid groups (broad SMARTS) is 1. The summed E-state index contributed by atoms with van der Waals surface area (Å²) < 4.78 is 10.1. The summed E-state index contributed by atoms with van der Waals surface area (Å²) in [4.78, 5) is 14.4. The van der Waals surface area contributed by atoms with E-state index in [1.54, 1.807) is 19.2 Å². The van der Waals surface area contributed by atoms with Crippen LogP contribution in [0.25, 0.3) is 0 Å². The largest absolute Gasteiger partial charge is 0.478 e. The number of carboxylic acids is 1. The molecule has 1 aromatic heterocycles. The van der Waals surface area contributed by atoms with Crippen LogP contribution in [-0.4, -0.2) is 36.4 Å². The SMILES string of the molecule is COCCCOc1cccc(C(=O)O)n1. The van der Waals surface area contributed by atoms with E-state index in [0.717, 1.165) is 6.42 Å². The van der Waals surface area contributed by atoms with Crippen molar-refractivity contribution in [3.05, 3.63) is 23.9 Å². The van der Waals surface area contributed by atoms with Crippen LogP contribution in [0.2, 0.25) is 0 Å². The van der Waals surface area contributed by atoms with Crippen molar-refractivity contribution in [2.45, 2.75) is 6.42 Å². The molecule has 0 atom stereocenters. The van der Waals surface area contributed by atoms with Crippen molar-refractivity contribution < 1.29 is 19.4 Å². The molecule has 0 radical (unpaired) electrons. The van der Waals surface area contributed by atoms with E-state index in [4.69, 9.17) is 14.6 Å². The number of hydrogen-bond donors (Lipinski definition) is 1. The Kier molecular flexibility index (Phi) is 4.56. The van der Waals surface area contributed by atoms with Crippen molar-refractivity contribution in [1.82, 2.24) is 4.98 Å². The first-order valence-electron chi connectivity index (χ1n) is 4.56. The zero-order valence-corrected chi connectivity index (χ0v) is 8.47. The number of pyridine rings is 1. The van der Waals surface area contributed by atoms with E-state index in [2.05, 4.69) is 4.98 Å². The summed E-state index contributed by atoms with van der Waals surface area (Å²) in [5.41, 5.74) is -0.0146. The normalized spacial score (nSPS) is 9.93. The molecular weight excluding hydrogens is 198 g/mol. The molecule has 0 aliphatic rings. The molecule has 0 amide bonds. The maximum atomic E-state index is 10.6. The standard InChI is InChI=1S/C10H13NO4/c1-14-6-3-7-15-9-5-2-4-8(11-9)10(12)13/h2,4-5H,3,6-7H2,1H3,(H,12,13). The highest BCUT2D eigenvalue weighted by Gasteiger charge is 2.05. The van der Waals surface area contributed by atoms with Gasteiger partial charge in [0.05, 0.1) is 6.61 Å². The van der Waals surface area contributed by atoms with Crippen molar-refractivity contribution in [1.29, 1.82) is 0 Å². The number of nitrogens with zero attached hydrogens (tertiary/aromatic N) is 1. The quantitative estimate of drug-likeness (QED) is 0.716. The Morgan fingerprint density at radius 1 is 1.47 bits per heavy atom. The van der Waals surface area contributed by atoms with E-state index in [1.807, 2.05) is 0 Å². The summed E-state index contributed by atoms with van der Waals surface area (Å²) in [5.74, 6) is -0.733. The summed E-state index contributed by atoms with van der Waals surface area (Å²) in [6.45, 7) is 1.07. The van der Waals surface area contributed by atoms with Gasteiger partial charge in [0.1, 0.15) is 0 Å². The third-order valence-corrected chi connectivity index (χ3v) is 1.69. The Bertz CT molecular complexity index is 327. The fourth-order valence-electron chi connectivity index (χ4n) is 0.994. The summed E-state index contributed by atoms with van der Waals surface area (Å²) in [6, 6.07) is 4.64. The number of aromatic nitrogens is 1. The fourth-order valence-corrected chi connectivity index (χ4v) is 0.994. The van der Waals surface area contributed by atoms with Gasteiger partial charge in [0.15, 0.2) is 5.69 Å². The molecule has 82 valence electrons. The van der Waals surface area contributed by atoms with Crippen LogP contribution in [0.5, 0.6) is 5.88 Å². The van der Waals surface area contributed by atoms with Gasteiger partial charge in [0.2, 0.25) is 5.88 Å². The average Bonchev–Trinajstić information content (AvgIpc) is 2.25. The van der Waals surface area contributed by atoms with E-state index < -0.39 is 5.97 Å². The Morgan fingerprint density at radius 2 is 2.27 bits per heavy atom. The zero-order chi connectivity index (χ0) is 11.1. The molecule has 0 spiro atoms. The maximum Gasteiger partial charge on any atom is 0.354 e. The van der Waals surface area contributed by atoms with Gasteiger partial charge < -0.3 is 14.6 Å². The van der Waals surface area contributed by atoms with E-state index in [0.29, 0.717) is 19.1 Å². The first-order valence-corrected chi connectivity index (χ1v) is 4.56. The van der Waals surface area contributed by atoms with Crippen LogP contribution >= 0.6 is 0 Å². The van der Waals surface area contributed by atoms with Crippen molar-refractivity contribution in [3.63, 3.8) is 0 Å². The highest BCUT2D eigenvalue weighted by Crippen LogP contribution is 2.07. The second kappa shape index (κ2) is 5.98. The zero-order valence-electron chi connectivity index (χ0n) is 8.47. The molecule has 0 aliphatic heterocycles. The van der Waals surface area contributed by atoms with E-state index in [1.165, 1.54) is 6.07 Å². The average molecular weight is 211 g/mol. The minimum Gasteiger partial charge on any atom is -0.478 e. The van der Waals surface area contributed by atoms with Gasteiger partial charge in [0.25, 0.3) is 0 Å². The van der Waals surface area contributed by atoms with Gasteiger partial charge in [-0.2, -0.15) is 0 Å². The summed E-state index contributed by atoms with van der Waals surface area (Å²) in [7, 11) is 1.61. The molecular formula is C10H13NO4. The lowest BCUT2D eigenvalue weighted by atomic mass is 10.3. The summed E-state index contributed by atoms with van der Waals surface area (Å²) in [5, 5.41) is 8.68. The predicted molar refractivity (Wildman–Crippen MR) is 53.2 cm³/mol. The van der Waals surface area contributed by atoms with Gasteiger partial charge >= 0.3 is 5.97 Å². The van der Waals surface area contributed by atoms with E-state index in [-0.39, 0.29) is 5.69 Å². The first-order chi connectivity index (χ1) is 7.24. The molecule has 0 saturated heterocycles. The molecule has 5 nitrogen and oxygen atoms in total.